The van der Waals surface area contributed by atoms with E-state index >= 15 is 0 Å². The summed E-state index contributed by atoms with van der Waals surface area (Å²) in [7, 11) is 0. The summed E-state index contributed by atoms with van der Waals surface area (Å²) < 4.78 is 14.1. The summed E-state index contributed by atoms with van der Waals surface area (Å²) in [6.07, 6.45) is 1.88. The van der Waals surface area contributed by atoms with Crippen molar-refractivity contribution in [3.8, 4) is 0 Å². The Labute approximate surface area is 169 Å². The van der Waals surface area contributed by atoms with Crippen LogP contribution < -0.4 is 4.90 Å². The Morgan fingerprint density at radius 3 is 2.44 bits per heavy atom. The average molecular weight is 446 g/mol. The van der Waals surface area contributed by atoms with Crippen molar-refractivity contribution in [1.82, 2.24) is 4.90 Å². The van der Waals surface area contributed by atoms with Gasteiger partial charge in [-0.2, -0.15) is 4.99 Å². The number of carbonyl (C=O) groups is 1. The van der Waals surface area contributed by atoms with Crippen LogP contribution in [-0.4, -0.2) is 42.2 Å². The first-order valence-electron chi connectivity index (χ1n) is 8.62. The number of anilines is 1. The number of amidine groups is 1. The van der Waals surface area contributed by atoms with Crippen LogP contribution in [0.5, 0.6) is 0 Å². The van der Waals surface area contributed by atoms with Crippen LogP contribution in [0, 0.1) is 5.82 Å². The Balaban J connectivity index is 1.40. The normalized spacial score (nSPS) is 19.0. The van der Waals surface area contributed by atoms with Crippen LogP contribution in [0.3, 0.4) is 0 Å². The number of benzene rings is 2. The van der Waals surface area contributed by atoms with E-state index in [-0.39, 0.29) is 11.7 Å². The fraction of sp³-hybridized carbons (Fsp3) is 0.200. The molecule has 2 heterocycles. The van der Waals surface area contributed by atoms with Gasteiger partial charge in [-0.15, -0.1) is 0 Å². The van der Waals surface area contributed by atoms with Gasteiger partial charge in [0.1, 0.15) is 5.82 Å². The first kappa shape index (κ1) is 18.3. The third kappa shape index (κ3) is 4.25. The molecule has 0 aliphatic carbocycles. The van der Waals surface area contributed by atoms with Crippen LogP contribution in [0.15, 0.2) is 62.9 Å². The van der Waals surface area contributed by atoms with E-state index in [0.29, 0.717) is 4.91 Å². The maximum Gasteiger partial charge on any atom is 0.286 e. The Morgan fingerprint density at radius 1 is 1.04 bits per heavy atom. The highest BCUT2D eigenvalue weighted by Gasteiger charge is 2.28. The van der Waals surface area contributed by atoms with Gasteiger partial charge in [-0.3, -0.25) is 4.79 Å². The summed E-state index contributed by atoms with van der Waals surface area (Å²) in [6.45, 7) is 3.18. The fourth-order valence-electron chi connectivity index (χ4n) is 3.09. The number of rotatable bonds is 2. The van der Waals surface area contributed by atoms with Crippen LogP contribution in [0.1, 0.15) is 5.56 Å². The van der Waals surface area contributed by atoms with Crippen molar-refractivity contribution in [2.75, 3.05) is 31.1 Å². The minimum Gasteiger partial charge on any atom is -0.368 e. The van der Waals surface area contributed by atoms with Gasteiger partial charge in [-0.25, -0.2) is 4.39 Å². The topological polar surface area (TPSA) is 35.9 Å². The summed E-state index contributed by atoms with van der Waals surface area (Å²) in [5.41, 5.74) is 1.99. The van der Waals surface area contributed by atoms with E-state index in [1.807, 2.05) is 30.3 Å². The fourth-order valence-corrected chi connectivity index (χ4v) is 4.47. The van der Waals surface area contributed by atoms with E-state index < -0.39 is 0 Å². The number of aliphatic imine (C=N–C) groups is 1. The molecule has 138 valence electrons. The van der Waals surface area contributed by atoms with E-state index in [9.17, 15) is 9.18 Å². The van der Waals surface area contributed by atoms with Crippen molar-refractivity contribution in [1.29, 1.82) is 0 Å². The van der Waals surface area contributed by atoms with Crippen molar-refractivity contribution in [2.24, 2.45) is 4.99 Å². The second-order valence-corrected chi connectivity index (χ2v) is 8.24. The molecule has 0 bridgehead atoms. The van der Waals surface area contributed by atoms with Crippen LogP contribution in [0.2, 0.25) is 0 Å². The molecular formula is C20H17BrFN3OS. The van der Waals surface area contributed by atoms with Gasteiger partial charge in [0, 0.05) is 36.3 Å². The summed E-state index contributed by atoms with van der Waals surface area (Å²) >= 11 is 4.88. The molecule has 27 heavy (non-hydrogen) atoms. The van der Waals surface area contributed by atoms with Gasteiger partial charge in [0.15, 0.2) is 5.17 Å². The number of thioether (sulfide) groups is 1. The third-order valence-electron chi connectivity index (χ3n) is 4.50. The molecule has 2 aromatic rings. The summed E-state index contributed by atoms with van der Waals surface area (Å²) in [5, 5.41) is 0.764. The highest BCUT2D eigenvalue weighted by atomic mass is 79.9. The molecule has 0 saturated carbocycles. The van der Waals surface area contributed by atoms with Crippen molar-refractivity contribution in [2.45, 2.75) is 0 Å². The lowest BCUT2D eigenvalue weighted by Gasteiger charge is -2.36. The lowest BCUT2D eigenvalue weighted by Crippen LogP contribution is -2.47. The van der Waals surface area contributed by atoms with Crippen LogP contribution >= 0.6 is 27.7 Å². The zero-order valence-electron chi connectivity index (χ0n) is 14.4. The number of amides is 1. The molecule has 7 heteroatoms. The molecule has 0 unspecified atom stereocenters. The molecule has 2 aliphatic rings. The van der Waals surface area contributed by atoms with Crippen molar-refractivity contribution in [3.63, 3.8) is 0 Å². The number of carbonyl (C=O) groups excluding carboxylic acids is 1. The van der Waals surface area contributed by atoms with Gasteiger partial charge in [0.2, 0.25) is 0 Å². The quantitative estimate of drug-likeness (QED) is 0.642. The van der Waals surface area contributed by atoms with Gasteiger partial charge >= 0.3 is 0 Å². The van der Waals surface area contributed by atoms with Gasteiger partial charge in [-0.05, 0) is 59.8 Å². The van der Waals surface area contributed by atoms with Crippen molar-refractivity contribution >= 4 is 50.5 Å². The SMILES string of the molecule is O=C1N=C(N2CCN(c3ccc(F)cc3)CC2)S/C1=C\c1cccc(Br)c1. The predicted molar refractivity (Wildman–Crippen MR) is 112 cm³/mol. The second-order valence-electron chi connectivity index (χ2n) is 6.32. The van der Waals surface area contributed by atoms with Crippen LogP contribution in [-0.2, 0) is 4.79 Å². The summed E-state index contributed by atoms with van der Waals surface area (Å²) in [4.78, 5) is 21.5. The zero-order valence-corrected chi connectivity index (χ0v) is 16.8. The van der Waals surface area contributed by atoms with Crippen LogP contribution in [0.25, 0.3) is 6.08 Å². The molecule has 1 amide bonds. The number of halogens is 2. The van der Waals surface area contributed by atoms with Gasteiger partial charge in [0.25, 0.3) is 5.91 Å². The van der Waals surface area contributed by atoms with Gasteiger partial charge < -0.3 is 9.80 Å². The molecule has 2 aromatic carbocycles. The first-order valence-corrected chi connectivity index (χ1v) is 10.2. The van der Waals surface area contributed by atoms with E-state index in [0.717, 1.165) is 47.1 Å². The molecule has 0 atom stereocenters. The van der Waals surface area contributed by atoms with Crippen molar-refractivity contribution < 1.29 is 9.18 Å². The number of hydrogen-bond donors (Lipinski definition) is 0. The number of nitrogens with zero attached hydrogens (tertiary/aromatic N) is 3. The maximum atomic E-state index is 13.1. The van der Waals surface area contributed by atoms with Crippen molar-refractivity contribution in [3.05, 3.63) is 69.3 Å². The van der Waals surface area contributed by atoms with E-state index in [1.54, 1.807) is 12.1 Å². The van der Waals surface area contributed by atoms with E-state index in [4.69, 9.17) is 0 Å². The Hall–Kier alpha value is -2.12. The molecule has 0 N–H and O–H groups in total. The minimum atomic E-state index is -0.225. The second kappa shape index (κ2) is 7.86. The minimum absolute atomic E-state index is 0.184. The van der Waals surface area contributed by atoms with Crippen LogP contribution in [0.4, 0.5) is 10.1 Å². The third-order valence-corrected chi connectivity index (χ3v) is 6.04. The highest BCUT2D eigenvalue weighted by molar-refractivity contribution is 9.10. The first-order chi connectivity index (χ1) is 13.1. The highest BCUT2D eigenvalue weighted by Crippen LogP contribution is 2.31. The molecule has 4 nitrogen and oxygen atoms in total. The average Bonchev–Trinajstić information content (AvgIpc) is 3.03. The standard InChI is InChI=1S/C20H17BrFN3OS/c21-15-3-1-2-14(12-15)13-18-19(26)23-20(27-18)25-10-8-24(9-11-25)17-6-4-16(22)5-7-17/h1-7,12-13H,8-11H2/b18-13-. The summed E-state index contributed by atoms with van der Waals surface area (Å²) in [6, 6.07) is 14.4. The Kier molecular flexibility index (Phi) is 5.31. The molecular weight excluding hydrogens is 429 g/mol. The largest absolute Gasteiger partial charge is 0.368 e. The smallest absolute Gasteiger partial charge is 0.286 e. The summed E-state index contributed by atoms with van der Waals surface area (Å²) in [5.74, 6) is -0.409. The van der Waals surface area contributed by atoms with Gasteiger partial charge in [0.05, 0.1) is 4.91 Å². The lowest BCUT2D eigenvalue weighted by atomic mass is 10.2. The Bertz CT molecular complexity index is 921. The molecule has 1 saturated heterocycles. The molecule has 0 spiro atoms. The lowest BCUT2D eigenvalue weighted by molar-refractivity contribution is -0.113. The predicted octanol–water partition coefficient (Wildman–Crippen LogP) is 4.38. The monoisotopic (exact) mass is 445 g/mol. The number of hydrogen-bond acceptors (Lipinski definition) is 4. The van der Waals surface area contributed by atoms with E-state index in [2.05, 4.69) is 30.7 Å². The maximum absolute atomic E-state index is 13.1. The van der Waals surface area contributed by atoms with E-state index in [1.165, 1.54) is 23.9 Å². The molecule has 0 radical (unpaired) electrons. The number of piperazine rings is 1. The van der Waals surface area contributed by atoms with Gasteiger partial charge in [-0.1, -0.05) is 28.1 Å². The molecule has 2 aliphatic heterocycles. The molecule has 1 fully saturated rings. The Morgan fingerprint density at radius 2 is 1.74 bits per heavy atom. The molecule has 0 aromatic heterocycles. The zero-order chi connectivity index (χ0) is 18.8. The molecule has 4 rings (SSSR count).